The molecule has 2 fully saturated rings. The van der Waals surface area contributed by atoms with Crippen molar-refractivity contribution in [1.82, 2.24) is 4.90 Å². The second kappa shape index (κ2) is 7.17. The van der Waals surface area contributed by atoms with Gasteiger partial charge in [0.2, 0.25) is 5.91 Å². The molecule has 132 valence electrons. The van der Waals surface area contributed by atoms with Crippen LogP contribution in [0.5, 0.6) is 0 Å². The van der Waals surface area contributed by atoms with Crippen molar-refractivity contribution in [2.24, 2.45) is 17.6 Å². The first-order chi connectivity index (χ1) is 12.3. The average Bonchev–Trinajstić information content (AvgIpc) is 3.16. The van der Waals surface area contributed by atoms with E-state index in [2.05, 4.69) is 47.4 Å². The first-order valence-electron chi connectivity index (χ1n) is 9.74. The third-order valence-corrected chi connectivity index (χ3v) is 6.35. The number of fused-ring (bicyclic) bond motifs is 1. The zero-order valence-corrected chi connectivity index (χ0v) is 14.9. The number of piperidine rings is 1. The molecule has 1 aliphatic heterocycles. The lowest BCUT2D eigenvalue weighted by Gasteiger charge is -2.35. The van der Waals surface area contributed by atoms with Crippen molar-refractivity contribution in [1.29, 1.82) is 0 Å². The van der Waals surface area contributed by atoms with E-state index in [1.165, 1.54) is 16.3 Å². The molecule has 0 unspecified atom stereocenters. The predicted molar refractivity (Wildman–Crippen MR) is 102 cm³/mol. The van der Waals surface area contributed by atoms with E-state index in [0.29, 0.717) is 24.3 Å². The fourth-order valence-electron chi connectivity index (χ4n) is 4.90. The van der Waals surface area contributed by atoms with Crippen LogP contribution in [0.4, 0.5) is 0 Å². The quantitative estimate of drug-likeness (QED) is 0.923. The number of benzene rings is 2. The zero-order chi connectivity index (χ0) is 17.2. The van der Waals surface area contributed by atoms with Gasteiger partial charge < -0.3 is 10.6 Å². The van der Waals surface area contributed by atoms with E-state index in [1.54, 1.807) is 0 Å². The van der Waals surface area contributed by atoms with Crippen LogP contribution in [-0.2, 0) is 4.79 Å². The Labute approximate surface area is 150 Å². The number of carbonyl (C=O) groups excluding carboxylic acids is 1. The van der Waals surface area contributed by atoms with Crippen LogP contribution in [0.15, 0.2) is 42.5 Å². The Kier molecular flexibility index (Phi) is 4.76. The molecule has 2 atom stereocenters. The van der Waals surface area contributed by atoms with Crippen molar-refractivity contribution < 1.29 is 4.79 Å². The fourth-order valence-corrected chi connectivity index (χ4v) is 4.90. The molecule has 1 heterocycles. The van der Waals surface area contributed by atoms with Gasteiger partial charge in [0, 0.05) is 19.0 Å². The van der Waals surface area contributed by atoms with Gasteiger partial charge in [0.15, 0.2) is 0 Å². The first kappa shape index (κ1) is 16.6. The molecule has 2 aromatic rings. The molecule has 0 bridgehead atoms. The minimum atomic E-state index is 0.180. The fraction of sp³-hybridized carbons (Fsp3) is 0.500. The van der Waals surface area contributed by atoms with Crippen LogP contribution in [0.25, 0.3) is 10.8 Å². The summed E-state index contributed by atoms with van der Waals surface area (Å²) in [5, 5.41) is 2.68. The number of nitrogens with two attached hydrogens (primary N) is 1. The Hall–Kier alpha value is -1.87. The summed E-state index contributed by atoms with van der Waals surface area (Å²) in [5.74, 6) is 1.51. The lowest BCUT2D eigenvalue weighted by Crippen LogP contribution is -2.43. The summed E-state index contributed by atoms with van der Waals surface area (Å²) in [5.41, 5.74) is 7.32. The van der Waals surface area contributed by atoms with E-state index >= 15 is 0 Å². The number of nitrogens with zero attached hydrogens (tertiary/aromatic N) is 1. The standard InChI is InChI=1S/C22H28N2O/c23-15-18-7-4-10-21(18)22(25)24-13-11-17(12-14-24)20-9-3-6-16-5-1-2-8-19(16)20/h1-3,5-6,8-9,17-18,21H,4,7,10-15,23H2/t18-,21-/m1/s1. The van der Waals surface area contributed by atoms with Gasteiger partial charge in [-0.2, -0.15) is 0 Å². The van der Waals surface area contributed by atoms with Crippen LogP contribution in [-0.4, -0.2) is 30.4 Å². The largest absolute Gasteiger partial charge is 0.342 e. The maximum Gasteiger partial charge on any atom is 0.226 e. The number of hydrogen-bond donors (Lipinski definition) is 1. The van der Waals surface area contributed by atoms with E-state index in [9.17, 15) is 4.79 Å². The summed E-state index contributed by atoms with van der Waals surface area (Å²) in [6.07, 6.45) is 5.45. The highest BCUT2D eigenvalue weighted by Gasteiger charge is 2.36. The number of likely N-dealkylation sites (tertiary alicyclic amines) is 1. The van der Waals surface area contributed by atoms with Gasteiger partial charge in [-0.3, -0.25) is 4.79 Å². The Morgan fingerprint density at radius 3 is 2.56 bits per heavy atom. The number of carbonyl (C=O) groups is 1. The third kappa shape index (κ3) is 3.18. The van der Waals surface area contributed by atoms with E-state index in [0.717, 1.165) is 45.2 Å². The van der Waals surface area contributed by atoms with Gasteiger partial charge in [0.1, 0.15) is 0 Å². The average molecular weight is 336 g/mol. The monoisotopic (exact) mass is 336 g/mol. The van der Waals surface area contributed by atoms with Crippen molar-refractivity contribution in [3.63, 3.8) is 0 Å². The molecule has 25 heavy (non-hydrogen) atoms. The maximum absolute atomic E-state index is 12.9. The minimum Gasteiger partial charge on any atom is -0.342 e. The third-order valence-electron chi connectivity index (χ3n) is 6.35. The van der Waals surface area contributed by atoms with Crippen molar-refractivity contribution in [3.8, 4) is 0 Å². The molecule has 3 heteroatoms. The summed E-state index contributed by atoms with van der Waals surface area (Å²) in [6.45, 7) is 2.43. The summed E-state index contributed by atoms with van der Waals surface area (Å²) >= 11 is 0. The van der Waals surface area contributed by atoms with E-state index in [1.807, 2.05) is 0 Å². The zero-order valence-electron chi connectivity index (χ0n) is 14.9. The van der Waals surface area contributed by atoms with Crippen LogP contribution >= 0.6 is 0 Å². The summed E-state index contributed by atoms with van der Waals surface area (Å²) in [4.78, 5) is 15.0. The van der Waals surface area contributed by atoms with Crippen LogP contribution in [0.3, 0.4) is 0 Å². The van der Waals surface area contributed by atoms with Gasteiger partial charge in [0.05, 0.1) is 0 Å². The molecule has 0 aromatic heterocycles. The van der Waals surface area contributed by atoms with Crippen molar-refractivity contribution in [2.75, 3.05) is 19.6 Å². The van der Waals surface area contributed by atoms with E-state index < -0.39 is 0 Å². The van der Waals surface area contributed by atoms with Crippen LogP contribution in [0.1, 0.15) is 43.6 Å². The Bertz CT molecular complexity index is 743. The smallest absolute Gasteiger partial charge is 0.226 e. The second-order valence-electron chi connectivity index (χ2n) is 7.70. The highest BCUT2D eigenvalue weighted by Crippen LogP contribution is 2.36. The summed E-state index contributed by atoms with van der Waals surface area (Å²) in [6, 6.07) is 15.3. The van der Waals surface area contributed by atoms with Gasteiger partial charge >= 0.3 is 0 Å². The lowest BCUT2D eigenvalue weighted by atomic mass is 9.85. The maximum atomic E-state index is 12.9. The molecule has 4 rings (SSSR count). The number of hydrogen-bond acceptors (Lipinski definition) is 2. The van der Waals surface area contributed by atoms with E-state index in [-0.39, 0.29) is 5.92 Å². The molecule has 3 nitrogen and oxygen atoms in total. The van der Waals surface area contributed by atoms with Crippen LogP contribution in [0, 0.1) is 11.8 Å². The first-order valence-corrected chi connectivity index (χ1v) is 9.74. The van der Waals surface area contributed by atoms with E-state index in [4.69, 9.17) is 5.73 Å². The van der Waals surface area contributed by atoms with Crippen molar-refractivity contribution in [3.05, 3.63) is 48.0 Å². The molecule has 0 spiro atoms. The summed E-state index contributed by atoms with van der Waals surface area (Å²) in [7, 11) is 0. The lowest BCUT2D eigenvalue weighted by molar-refractivity contribution is -0.137. The summed E-state index contributed by atoms with van der Waals surface area (Å²) < 4.78 is 0. The second-order valence-corrected chi connectivity index (χ2v) is 7.70. The van der Waals surface area contributed by atoms with Crippen LogP contribution in [0.2, 0.25) is 0 Å². The molecule has 1 amide bonds. The van der Waals surface area contributed by atoms with Crippen molar-refractivity contribution in [2.45, 2.75) is 38.0 Å². The SMILES string of the molecule is NC[C@H]1CCC[C@H]1C(=O)N1CCC(c2cccc3ccccc23)CC1. The molecule has 1 aliphatic carbocycles. The molecule has 2 aliphatic rings. The van der Waals surface area contributed by atoms with Gasteiger partial charge in [-0.05, 0) is 60.4 Å². The molecule has 0 radical (unpaired) electrons. The molecular weight excluding hydrogens is 308 g/mol. The van der Waals surface area contributed by atoms with Crippen molar-refractivity contribution >= 4 is 16.7 Å². The molecule has 1 saturated carbocycles. The molecule has 2 aromatic carbocycles. The Morgan fingerprint density at radius 1 is 1.00 bits per heavy atom. The number of rotatable bonds is 3. The van der Waals surface area contributed by atoms with Gasteiger partial charge in [-0.25, -0.2) is 0 Å². The Morgan fingerprint density at radius 2 is 1.76 bits per heavy atom. The van der Waals surface area contributed by atoms with Gasteiger partial charge in [-0.15, -0.1) is 0 Å². The topological polar surface area (TPSA) is 46.3 Å². The minimum absolute atomic E-state index is 0.180. The molecular formula is C22H28N2O. The highest BCUT2D eigenvalue weighted by atomic mass is 16.2. The van der Waals surface area contributed by atoms with Gasteiger partial charge in [0.25, 0.3) is 0 Å². The number of amides is 1. The van der Waals surface area contributed by atoms with Gasteiger partial charge in [-0.1, -0.05) is 48.9 Å². The molecule has 1 saturated heterocycles. The normalized spacial score (nSPS) is 24.8. The van der Waals surface area contributed by atoms with Crippen LogP contribution < -0.4 is 5.73 Å². The molecule has 2 N–H and O–H groups in total. The Balaban J connectivity index is 1.45. The predicted octanol–water partition coefficient (Wildman–Crippen LogP) is 3.92. The highest BCUT2D eigenvalue weighted by molar-refractivity contribution is 5.86.